The molecule has 0 aliphatic rings. The van der Waals surface area contributed by atoms with Crippen LogP contribution in [0, 0.1) is 0 Å². The summed E-state index contributed by atoms with van der Waals surface area (Å²) in [5.41, 5.74) is 1.31. The smallest absolute Gasteiger partial charge is 0.151 e. The monoisotopic (exact) mass is 322 g/mol. The Morgan fingerprint density at radius 1 is 1.42 bits per heavy atom. The zero-order valence-electron chi connectivity index (χ0n) is 11.3. The van der Waals surface area contributed by atoms with Gasteiger partial charge in [-0.25, -0.2) is 4.98 Å². The lowest BCUT2D eigenvalue weighted by Crippen LogP contribution is -2.23. The summed E-state index contributed by atoms with van der Waals surface area (Å²) in [6.07, 6.45) is 3.65. The van der Waals surface area contributed by atoms with Crippen molar-refractivity contribution >= 4 is 15.9 Å². The quantitative estimate of drug-likeness (QED) is 0.889. The Balaban J connectivity index is 1.89. The number of hydrogen-bond acceptors (Lipinski definition) is 3. The van der Waals surface area contributed by atoms with E-state index in [-0.39, 0.29) is 0 Å². The van der Waals surface area contributed by atoms with Gasteiger partial charge in [0.1, 0.15) is 6.33 Å². The van der Waals surface area contributed by atoms with E-state index in [4.69, 9.17) is 0 Å². The molecule has 0 amide bonds. The van der Waals surface area contributed by atoms with Gasteiger partial charge in [-0.2, -0.15) is 5.10 Å². The Bertz CT molecular complexity index is 524. The third-order valence-corrected chi connectivity index (χ3v) is 3.54. The number of aromatic nitrogens is 3. The van der Waals surface area contributed by atoms with Crippen LogP contribution in [0.4, 0.5) is 0 Å². The van der Waals surface area contributed by atoms with Crippen molar-refractivity contribution in [2.45, 2.75) is 25.8 Å². The topological polar surface area (TPSA) is 42.7 Å². The number of nitrogens with one attached hydrogen (secondary N) is 1. The van der Waals surface area contributed by atoms with Crippen molar-refractivity contribution in [1.29, 1.82) is 0 Å². The molecule has 2 aromatic rings. The molecular weight excluding hydrogens is 304 g/mol. The van der Waals surface area contributed by atoms with E-state index in [2.05, 4.69) is 56.5 Å². The predicted molar refractivity (Wildman–Crippen MR) is 79.9 cm³/mol. The standard InChI is InChI=1S/C14H19BrN4/c1-3-13(11-5-4-6-12(15)9-11)16-8-7-14-17-10-19(2)18-14/h4-6,9-10,13,16H,3,7-8H2,1-2H3. The predicted octanol–water partition coefficient (Wildman–Crippen LogP) is 2.86. The number of hydrogen-bond donors (Lipinski definition) is 1. The van der Waals surface area contributed by atoms with Gasteiger partial charge >= 0.3 is 0 Å². The first-order chi connectivity index (χ1) is 9.19. The van der Waals surface area contributed by atoms with Crippen LogP contribution in [0.3, 0.4) is 0 Å². The summed E-state index contributed by atoms with van der Waals surface area (Å²) in [5, 5.41) is 7.84. The Labute approximate surface area is 122 Å². The van der Waals surface area contributed by atoms with Gasteiger partial charge < -0.3 is 5.32 Å². The lowest BCUT2D eigenvalue weighted by atomic mass is 10.0. The average molecular weight is 323 g/mol. The molecule has 0 spiro atoms. The summed E-state index contributed by atoms with van der Waals surface area (Å²) >= 11 is 3.52. The van der Waals surface area contributed by atoms with E-state index >= 15 is 0 Å². The lowest BCUT2D eigenvalue weighted by molar-refractivity contribution is 0.517. The highest BCUT2D eigenvalue weighted by atomic mass is 79.9. The van der Waals surface area contributed by atoms with E-state index in [9.17, 15) is 0 Å². The average Bonchev–Trinajstić information content (AvgIpc) is 2.80. The normalized spacial score (nSPS) is 12.6. The Morgan fingerprint density at radius 2 is 2.26 bits per heavy atom. The van der Waals surface area contributed by atoms with E-state index in [1.807, 2.05) is 13.1 Å². The molecule has 1 unspecified atom stereocenters. The number of nitrogens with zero attached hydrogens (tertiary/aromatic N) is 3. The minimum absolute atomic E-state index is 0.376. The van der Waals surface area contributed by atoms with Crippen LogP contribution in [0.5, 0.6) is 0 Å². The van der Waals surface area contributed by atoms with E-state index in [0.29, 0.717) is 6.04 Å². The maximum absolute atomic E-state index is 4.28. The van der Waals surface area contributed by atoms with Gasteiger partial charge in [-0.15, -0.1) is 0 Å². The number of aryl methyl sites for hydroxylation is 1. The first kappa shape index (κ1) is 14.2. The first-order valence-electron chi connectivity index (χ1n) is 6.52. The number of benzene rings is 1. The maximum Gasteiger partial charge on any atom is 0.151 e. The molecule has 0 bridgehead atoms. The second-order valence-corrected chi connectivity index (χ2v) is 5.47. The highest BCUT2D eigenvalue weighted by molar-refractivity contribution is 9.10. The largest absolute Gasteiger partial charge is 0.310 e. The number of rotatable bonds is 6. The first-order valence-corrected chi connectivity index (χ1v) is 7.31. The molecule has 0 saturated heterocycles. The van der Waals surface area contributed by atoms with Gasteiger partial charge in [0, 0.05) is 30.5 Å². The van der Waals surface area contributed by atoms with Crippen molar-refractivity contribution < 1.29 is 0 Å². The molecule has 0 fully saturated rings. The van der Waals surface area contributed by atoms with Crippen LogP contribution in [0.25, 0.3) is 0 Å². The van der Waals surface area contributed by atoms with Gasteiger partial charge in [0.15, 0.2) is 5.82 Å². The Morgan fingerprint density at radius 3 is 2.89 bits per heavy atom. The van der Waals surface area contributed by atoms with Crippen LogP contribution in [0.2, 0.25) is 0 Å². The van der Waals surface area contributed by atoms with E-state index in [0.717, 1.165) is 29.7 Å². The molecule has 1 aromatic carbocycles. The summed E-state index contributed by atoms with van der Waals surface area (Å²) in [6, 6.07) is 8.82. The molecule has 1 N–H and O–H groups in total. The van der Waals surface area contributed by atoms with Gasteiger partial charge in [-0.1, -0.05) is 35.0 Å². The molecule has 0 aliphatic heterocycles. The van der Waals surface area contributed by atoms with Crippen LogP contribution in [-0.2, 0) is 13.5 Å². The number of halogens is 1. The summed E-state index contributed by atoms with van der Waals surface area (Å²) < 4.78 is 2.86. The summed E-state index contributed by atoms with van der Waals surface area (Å²) in [6.45, 7) is 3.08. The fourth-order valence-electron chi connectivity index (χ4n) is 2.08. The zero-order chi connectivity index (χ0) is 13.7. The highest BCUT2D eigenvalue weighted by Crippen LogP contribution is 2.20. The van der Waals surface area contributed by atoms with Crippen LogP contribution in [0.1, 0.15) is 30.8 Å². The highest BCUT2D eigenvalue weighted by Gasteiger charge is 2.09. The molecule has 4 nitrogen and oxygen atoms in total. The molecule has 0 saturated carbocycles. The summed E-state index contributed by atoms with van der Waals surface area (Å²) in [4.78, 5) is 4.23. The zero-order valence-corrected chi connectivity index (χ0v) is 12.9. The van der Waals surface area contributed by atoms with Gasteiger partial charge in [-0.05, 0) is 24.1 Å². The summed E-state index contributed by atoms with van der Waals surface area (Å²) in [7, 11) is 1.89. The molecule has 102 valence electrons. The minimum Gasteiger partial charge on any atom is -0.310 e. The van der Waals surface area contributed by atoms with Gasteiger partial charge in [0.25, 0.3) is 0 Å². The molecule has 19 heavy (non-hydrogen) atoms. The molecular formula is C14H19BrN4. The SMILES string of the molecule is CCC(NCCc1ncn(C)n1)c1cccc(Br)c1. The van der Waals surface area contributed by atoms with Crippen molar-refractivity contribution in [3.63, 3.8) is 0 Å². The van der Waals surface area contributed by atoms with Gasteiger partial charge in [-0.3, -0.25) is 4.68 Å². The van der Waals surface area contributed by atoms with Crippen molar-refractivity contribution in [2.75, 3.05) is 6.54 Å². The molecule has 1 heterocycles. The van der Waals surface area contributed by atoms with Crippen LogP contribution < -0.4 is 5.32 Å². The maximum atomic E-state index is 4.28. The molecule has 2 rings (SSSR count). The third-order valence-electron chi connectivity index (χ3n) is 3.05. The van der Waals surface area contributed by atoms with Crippen LogP contribution in [-0.4, -0.2) is 21.3 Å². The molecule has 0 aliphatic carbocycles. The van der Waals surface area contributed by atoms with Crippen molar-refractivity contribution in [2.24, 2.45) is 7.05 Å². The molecule has 0 radical (unpaired) electrons. The Hall–Kier alpha value is -1.20. The second kappa shape index (κ2) is 6.82. The molecule has 5 heteroatoms. The third kappa shape index (κ3) is 4.14. The van der Waals surface area contributed by atoms with Gasteiger partial charge in [0.2, 0.25) is 0 Å². The molecule has 1 aromatic heterocycles. The van der Waals surface area contributed by atoms with Gasteiger partial charge in [0.05, 0.1) is 0 Å². The fourth-order valence-corrected chi connectivity index (χ4v) is 2.49. The second-order valence-electron chi connectivity index (χ2n) is 4.55. The lowest BCUT2D eigenvalue weighted by Gasteiger charge is -2.17. The van der Waals surface area contributed by atoms with Crippen LogP contribution in [0.15, 0.2) is 35.1 Å². The van der Waals surface area contributed by atoms with Crippen molar-refractivity contribution in [3.05, 3.63) is 46.5 Å². The van der Waals surface area contributed by atoms with E-state index < -0.39 is 0 Å². The van der Waals surface area contributed by atoms with Crippen molar-refractivity contribution in [3.8, 4) is 0 Å². The molecule has 1 atom stereocenters. The summed E-state index contributed by atoms with van der Waals surface area (Å²) in [5.74, 6) is 0.888. The Kier molecular flexibility index (Phi) is 5.10. The van der Waals surface area contributed by atoms with Crippen LogP contribution >= 0.6 is 15.9 Å². The van der Waals surface area contributed by atoms with Crippen molar-refractivity contribution in [1.82, 2.24) is 20.1 Å². The fraction of sp³-hybridized carbons (Fsp3) is 0.429. The minimum atomic E-state index is 0.376. The van der Waals surface area contributed by atoms with E-state index in [1.165, 1.54) is 5.56 Å². The van der Waals surface area contributed by atoms with E-state index in [1.54, 1.807) is 11.0 Å².